The molecule has 1 heterocycles. The maximum atomic E-state index is 5.85. The van der Waals surface area contributed by atoms with Gasteiger partial charge in [0.25, 0.3) is 0 Å². The average Bonchev–Trinajstić information content (AvgIpc) is 2.32. The van der Waals surface area contributed by atoms with Crippen molar-refractivity contribution in [3.8, 4) is 0 Å². The van der Waals surface area contributed by atoms with Crippen LogP contribution in [0.1, 0.15) is 24.2 Å². The lowest BCUT2D eigenvalue weighted by atomic mass is 10.1. The van der Waals surface area contributed by atoms with Gasteiger partial charge in [-0.1, -0.05) is 39.7 Å². The number of hydrogen-bond acceptors (Lipinski definition) is 2. The predicted octanol–water partition coefficient (Wildman–Crippen LogP) is 4.98. The number of nitrogens with zero attached hydrogens (tertiary/aromatic N) is 1. The number of benzene rings is 1. The number of halogens is 2. The lowest BCUT2D eigenvalue weighted by Gasteiger charge is -2.17. The van der Waals surface area contributed by atoms with Crippen LogP contribution in [-0.4, -0.2) is 4.98 Å². The number of pyridine rings is 1. The van der Waals surface area contributed by atoms with Crippen molar-refractivity contribution in [1.82, 2.24) is 4.98 Å². The van der Waals surface area contributed by atoms with Crippen LogP contribution in [0.15, 0.2) is 40.9 Å². The summed E-state index contributed by atoms with van der Waals surface area (Å²) in [7, 11) is 0. The Labute approximate surface area is 121 Å². The Balaban J connectivity index is 2.18. The molecule has 1 unspecified atom stereocenters. The van der Waals surface area contributed by atoms with Crippen LogP contribution < -0.4 is 5.32 Å². The van der Waals surface area contributed by atoms with Gasteiger partial charge >= 0.3 is 0 Å². The molecule has 0 bridgehead atoms. The quantitative estimate of drug-likeness (QED) is 0.805. The molecular formula is C14H14BrClN2. The smallest absolute Gasteiger partial charge is 0.129 e. The first kappa shape index (κ1) is 13.4. The fraction of sp³-hybridized carbons (Fsp3) is 0.214. The van der Waals surface area contributed by atoms with E-state index in [9.17, 15) is 0 Å². The van der Waals surface area contributed by atoms with Crippen molar-refractivity contribution in [3.05, 3.63) is 57.3 Å². The summed E-state index contributed by atoms with van der Waals surface area (Å²) in [5.74, 6) is 0. The third-order valence-corrected chi connectivity index (χ3v) is 3.48. The maximum absolute atomic E-state index is 5.85. The maximum Gasteiger partial charge on any atom is 0.129 e. The number of anilines is 1. The topological polar surface area (TPSA) is 24.9 Å². The zero-order valence-corrected chi connectivity index (χ0v) is 12.6. The summed E-state index contributed by atoms with van der Waals surface area (Å²) in [6.45, 7) is 4.07. The van der Waals surface area contributed by atoms with Crippen LogP contribution in [0.25, 0.3) is 0 Å². The molecular weight excluding hydrogens is 312 g/mol. The molecule has 1 aromatic heterocycles. The van der Waals surface area contributed by atoms with E-state index >= 15 is 0 Å². The molecule has 18 heavy (non-hydrogen) atoms. The SMILES string of the molecule is Cc1nc(Cl)ccc1NC(C)c1cccc(Br)c1. The molecule has 94 valence electrons. The van der Waals surface area contributed by atoms with Gasteiger partial charge in [-0.05, 0) is 43.7 Å². The Bertz CT molecular complexity index is 557. The van der Waals surface area contributed by atoms with E-state index in [-0.39, 0.29) is 6.04 Å². The zero-order chi connectivity index (χ0) is 13.1. The molecule has 1 aromatic carbocycles. The highest BCUT2D eigenvalue weighted by molar-refractivity contribution is 9.10. The summed E-state index contributed by atoms with van der Waals surface area (Å²) in [4.78, 5) is 4.23. The molecule has 0 saturated carbocycles. The summed E-state index contributed by atoms with van der Waals surface area (Å²) < 4.78 is 1.08. The molecule has 1 N–H and O–H groups in total. The Morgan fingerprint density at radius 3 is 2.72 bits per heavy atom. The second-order valence-corrected chi connectivity index (χ2v) is 5.49. The van der Waals surface area contributed by atoms with Gasteiger partial charge in [-0.25, -0.2) is 4.98 Å². The molecule has 0 aliphatic heterocycles. The summed E-state index contributed by atoms with van der Waals surface area (Å²) >= 11 is 9.33. The predicted molar refractivity (Wildman–Crippen MR) is 80.2 cm³/mol. The van der Waals surface area contributed by atoms with Crippen LogP contribution in [0.3, 0.4) is 0 Å². The van der Waals surface area contributed by atoms with E-state index in [1.165, 1.54) is 5.56 Å². The molecule has 0 aliphatic carbocycles. The van der Waals surface area contributed by atoms with Gasteiger partial charge in [0.1, 0.15) is 5.15 Å². The number of aryl methyl sites for hydroxylation is 1. The van der Waals surface area contributed by atoms with Crippen molar-refractivity contribution in [2.75, 3.05) is 5.32 Å². The highest BCUT2D eigenvalue weighted by atomic mass is 79.9. The Kier molecular flexibility index (Phi) is 4.25. The lowest BCUT2D eigenvalue weighted by Crippen LogP contribution is -2.08. The average molecular weight is 326 g/mol. The van der Waals surface area contributed by atoms with Crippen LogP contribution in [0, 0.1) is 6.92 Å². The third-order valence-electron chi connectivity index (χ3n) is 2.77. The van der Waals surface area contributed by atoms with Crippen molar-refractivity contribution in [1.29, 1.82) is 0 Å². The van der Waals surface area contributed by atoms with Crippen molar-refractivity contribution < 1.29 is 0 Å². The second kappa shape index (κ2) is 5.72. The van der Waals surface area contributed by atoms with E-state index in [2.05, 4.69) is 45.3 Å². The minimum Gasteiger partial charge on any atom is -0.377 e. The van der Waals surface area contributed by atoms with Crippen LogP contribution in [0.4, 0.5) is 5.69 Å². The molecule has 0 saturated heterocycles. The summed E-state index contributed by atoms with van der Waals surface area (Å²) in [5.41, 5.74) is 3.13. The first-order chi connectivity index (χ1) is 8.56. The van der Waals surface area contributed by atoms with E-state index in [1.54, 1.807) is 6.07 Å². The van der Waals surface area contributed by atoms with Crippen LogP contribution in [-0.2, 0) is 0 Å². The molecule has 0 spiro atoms. The van der Waals surface area contributed by atoms with Crippen LogP contribution in [0.2, 0.25) is 5.15 Å². The number of aromatic nitrogens is 1. The van der Waals surface area contributed by atoms with Gasteiger partial charge in [-0.2, -0.15) is 0 Å². The van der Waals surface area contributed by atoms with Gasteiger partial charge in [0, 0.05) is 10.5 Å². The van der Waals surface area contributed by atoms with Crippen LogP contribution in [0.5, 0.6) is 0 Å². The molecule has 0 aliphatic rings. The van der Waals surface area contributed by atoms with Crippen molar-refractivity contribution in [3.63, 3.8) is 0 Å². The van der Waals surface area contributed by atoms with E-state index in [1.807, 2.05) is 25.1 Å². The Hall–Kier alpha value is -1.06. The van der Waals surface area contributed by atoms with Crippen molar-refractivity contribution in [2.45, 2.75) is 19.9 Å². The van der Waals surface area contributed by atoms with Gasteiger partial charge < -0.3 is 5.32 Å². The Morgan fingerprint density at radius 1 is 1.28 bits per heavy atom. The summed E-state index contributed by atoms with van der Waals surface area (Å²) in [6, 6.07) is 12.2. The summed E-state index contributed by atoms with van der Waals surface area (Å²) in [5, 5.41) is 3.96. The minimum absolute atomic E-state index is 0.212. The third kappa shape index (κ3) is 3.24. The molecule has 0 fully saturated rings. The fourth-order valence-corrected chi connectivity index (χ4v) is 2.38. The highest BCUT2D eigenvalue weighted by Gasteiger charge is 2.08. The molecule has 2 nitrogen and oxygen atoms in total. The van der Waals surface area contributed by atoms with Crippen LogP contribution >= 0.6 is 27.5 Å². The molecule has 2 aromatic rings. The van der Waals surface area contributed by atoms with Gasteiger partial charge in [-0.3, -0.25) is 0 Å². The van der Waals surface area contributed by atoms with E-state index in [0.29, 0.717) is 5.15 Å². The first-order valence-corrected chi connectivity index (χ1v) is 6.88. The molecule has 1 atom stereocenters. The van der Waals surface area contributed by atoms with E-state index < -0.39 is 0 Å². The molecule has 2 rings (SSSR count). The van der Waals surface area contributed by atoms with Crippen molar-refractivity contribution in [2.24, 2.45) is 0 Å². The first-order valence-electron chi connectivity index (χ1n) is 5.71. The standard InChI is InChI=1S/C14H14BrClN2/c1-9(11-4-3-5-12(15)8-11)17-13-6-7-14(16)18-10(13)2/h3-9,17H,1-2H3. The van der Waals surface area contributed by atoms with Gasteiger partial charge in [0.05, 0.1) is 11.4 Å². The van der Waals surface area contributed by atoms with Crippen molar-refractivity contribution >= 4 is 33.2 Å². The van der Waals surface area contributed by atoms with Gasteiger partial charge in [-0.15, -0.1) is 0 Å². The molecule has 0 radical (unpaired) electrons. The number of nitrogens with one attached hydrogen (secondary N) is 1. The summed E-state index contributed by atoms with van der Waals surface area (Å²) in [6.07, 6.45) is 0. The normalized spacial score (nSPS) is 12.2. The highest BCUT2D eigenvalue weighted by Crippen LogP contribution is 2.24. The van der Waals surface area contributed by atoms with Gasteiger partial charge in [0.2, 0.25) is 0 Å². The van der Waals surface area contributed by atoms with E-state index in [0.717, 1.165) is 15.9 Å². The van der Waals surface area contributed by atoms with E-state index in [4.69, 9.17) is 11.6 Å². The minimum atomic E-state index is 0.212. The van der Waals surface area contributed by atoms with Gasteiger partial charge in [0.15, 0.2) is 0 Å². The largest absolute Gasteiger partial charge is 0.377 e. The fourth-order valence-electron chi connectivity index (χ4n) is 1.78. The zero-order valence-electron chi connectivity index (χ0n) is 10.2. The lowest BCUT2D eigenvalue weighted by molar-refractivity contribution is 0.878. The monoisotopic (exact) mass is 324 g/mol. The molecule has 0 amide bonds. The molecule has 4 heteroatoms. The second-order valence-electron chi connectivity index (χ2n) is 4.19. The number of rotatable bonds is 3. The Morgan fingerprint density at radius 2 is 2.06 bits per heavy atom. The number of hydrogen-bond donors (Lipinski definition) is 1.